The minimum absolute atomic E-state index is 0.0243. The van der Waals surface area contributed by atoms with Crippen LogP contribution in [-0.4, -0.2) is 33.9 Å². The zero-order chi connectivity index (χ0) is 13.8. The summed E-state index contributed by atoms with van der Waals surface area (Å²) in [7, 11) is 0. The summed E-state index contributed by atoms with van der Waals surface area (Å²) in [6.07, 6.45) is 1.44. The van der Waals surface area contributed by atoms with Crippen molar-refractivity contribution in [3.63, 3.8) is 0 Å². The fourth-order valence-corrected chi connectivity index (χ4v) is 2.06. The summed E-state index contributed by atoms with van der Waals surface area (Å²) in [4.78, 5) is 12.1. The number of carbonyl (C=O) groups is 1. The molecule has 1 atom stereocenters. The Morgan fingerprint density at radius 2 is 2.32 bits per heavy atom. The first-order valence-electron chi connectivity index (χ1n) is 6.48. The van der Waals surface area contributed by atoms with Gasteiger partial charge in [-0.1, -0.05) is 11.6 Å². The number of carbonyl (C=O) groups excluding carboxylic acids is 1. The minimum atomic E-state index is -0.178. The molecule has 0 saturated carbocycles. The maximum absolute atomic E-state index is 12.1. The van der Waals surface area contributed by atoms with Crippen molar-refractivity contribution in [3.05, 3.63) is 29.5 Å². The molecule has 0 aliphatic carbocycles. The molecule has 5 heteroatoms. The number of hydrogen-bond donors (Lipinski definition) is 3. The van der Waals surface area contributed by atoms with Gasteiger partial charge in [-0.15, -0.1) is 0 Å². The molecule has 1 amide bonds. The van der Waals surface area contributed by atoms with Crippen molar-refractivity contribution in [2.24, 2.45) is 0 Å². The molecule has 102 valence electrons. The number of rotatable bonds is 5. The second-order valence-electron chi connectivity index (χ2n) is 4.86. The Kier molecular flexibility index (Phi) is 4.16. The van der Waals surface area contributed by atoms with Crippen LogP contribution in [0, 0.1) is 6.92 Å². The average molecular weight is 261 g/mol. The van der Waals surface area contributed by atoms with Gasteiger partial charge in [-0.05, 0) is 38.8 Å². The quantitative estimate of drug-likeness (QED) is 0.767. The van der Waals surface area contributed by atoms with Gasteiger partial charge in [0.25, 0.3) is 5.91 Å². The van der Waals surface area contributed by atoms with Gasteiger partial charge in [-0.2, -0.15) is 5.10 Å². The monoisotopic (exact) mass is 261 g/mol. The number of nitrogens with one attached hydrogen (secondary N) is 2. The zero-order valence-corrected chi connectivity index (χ0v) is 11.2. The molecular formula is C14H19N3O2. The van der Waals surface area contributed by atoms with Crippen LogP contribution in [0.3, 0.4) is 0 Å². The summed E-state index contributed by atoms with van der Waals surface area (Å²) in [5.41, 5.74) is 2.38. The highest BCUT2D eigenvalue weighted by molar-refractivity contribution is 6.04. The molecule has 2 aromatic rings. The first-order chi connectivity index (χ1) is 9.11. The first kappa shape index (κ1) is 13.5. The van der Waals surface area contributed by atoms with Crippen molar-refractivity contribution in [2.45, 2.75) is 32.7 Å². The Balaban J connectivity index is 2.15. The molecule has 0 fully saturated rings. The van der Waals surface area contributed by atoms with Gasteiger partial charge in [0.2, 0.25) is 0 Å². The van der Waals surface area contributed by atoms with Crippen molar-refractivity contribution >= 4 is 16.8 Å². The number of fused-ring (bicyclic) bond motifs is 1. The Morgan fingerprint density at radius 3 is 3.05 bits per heavy atom. The van der Waals surface area contributed by atoms with Crippen molar-refractivity contribution < 1.29 is 9.90 Å². The third-order valence-electron chi connectivity index (χ3n) is 3.11. The van der Waals surface area contributed by atoms with Gasteiger partial charge in [0.05, 0.1) is 5.52 Å². The SMILES string of the molecule is Cc1ccc2[nH]nc(C(=O)NC(C)CCCO)c2c1. The van der Waals surface area contributed by atoms with E-state index in [0.29, 0.717) is 12.1 Å². The number of aromatic nitrogens is 2. The molecule has 1 heterocycles. The van der Waals surface area contributed by atoms with Gasteiger partial charge in [-0.25, -0.2) is 0 Å². The molecule has 0 aliphatic rings. The molecule has 0 saturated heterocycles. The summed E-state index contributed by atoms with van der Waals surface area (Å²) in [6, 6.07) is 5.87. The maximum Gasteiger partial charge on any atom is 0.272 e. The number of nitrogens with zero attached hydrogens (tertiary/aromatic N) is 1. The van der Waals surface area contributed by atoms with E-state index in [2.05, 4.69) is 15.5 Å². The van der Waals surface area contributed by atoms with E-state index in [0.717, 1.165) is 22.9 Å². The maximum atomic E-state index is 12.1. The number of H-pyrrole nitrogens is 1. The average Bonchev–Trinajstić information content (AvgIpc) is 2.79. The van der Waals surface area contributed by atoms with Crippen LogP contribution >= 0.6 is 0 Å². The highest BCUT2D eigenvalue weighted by atomic mass is 16.3. The van der Waals surface area contributed by atoms with Gasteiger partial charge in [0.1, 0.15) is 0 Å². The summed E-state index contributed by atoms with van der Waals surface area (Å²) in [6.45, 7) is 4.05. The van der Waals surface area contributed by atoms with Crippen LogP contribution in [0.2, 0.25) is 0 Å². The van der Waals surface area contributed by atoms with E-state index in [1.54, 1.807) is 0 Å². The molecule has 0 bridgehead atoms. The van der Waals surface area contributed by atoms with Gasteiger partial charge in [0, 0.05) is 18.0 Å². The summed E-state index contributed by atoms with van der Waals surface area (Å²) in [5, 5.41) is 19.5. The fourth-order valence-electron chi connectivity index (χ4n) is 2.06. The number of aromatic amines is 1. The molecule has 0 spiro atoms. The Bertz CT molecular complexity index is 577. The van der Waals surface area contributed by atoms with E-state index >= 15 is 0 Å². The fraction of sp³-hybridized carbons (Fsp3) is 0.429. The molecule has 3 N–H and O–H groups in total. The summed E-state index contributed by atoms with van der Waals surface area (Å²) >= 11 is 0. The summed E-state index contributed by atoms with van der Waals surface area (Å²) < 4.78 is 0. The van der Waals surface area contributed by atoms with Gasteiger partial charge in [0.15, 0.2) is 5.69 Å². The van der Waals surface area contributed by atoms with Crippen LogP contribution in [0.15, 0.2) is 18.2 Å². The first-order valence-corrected chi connectivity index (χ1v) is 6.48. The predicted molar refractivity (Wildman–Crippen MR) is 74.1 cm³/mol. The topological polar surface area (TPSA) is 78.0 Å². The van der Waals surface area contributed by atoms with Gasteiger partial charge < -0.3 is 10.4 Å². The molecule has 0 aliphatic heterocycles. The van der Waals surface area contributed by atoms with Crippen LogP contribution in [0.5, 0.6) is 0 Å². The lowest BCUT2D eigenvalue weighted by Crippen LogP contribution is -2.33. The van der Waals surface area contributed by atoms with Crippen LogP contribution < -0.4 is 5.32 Å². The van der Waals surface area contributed by atoms with E-state index in [1.165, 1.54) is 0 Å². The smallest absolute Gasteiger partial charge is 0.272 e. The molecule has 1 aromatic carbocycles. The summed E-state index contributed by atoms with van der Waals surface area (Å²) in [5.74, 6) is -0.178. The van der Waals surface area contributed by atoms with Gasteiger partial charge >= 0.3 is 0 Å². The number of aryl methyl sites for hydroxylation is 1. The molecular weight excluding hydrogens is 242 g/mol. The van der Waals surface area contributed by atoms with Crippen molar-refractivity contribution in [3.8, 4) is 0 Å². The third kappa shape index (κ3) is 3.12. The lowest BCUT2D eigenvalue weighted by molar-refractivity contribution is 0.0933. The van der Waals surface area contributed by atoms with Crippen molar-refractivity contribution in [2.75, 3.05) is 6.61 Å². The van der Waals surface area contributed by atoms with Crippen LogP contribution in [-0.2, 0) is 0 Å². The van der Waals surface area contributed by atoms with E-state index in [4.69, 9.17) is 5.11 Å². The largest absolute Gasteiger partial charge is 0.396 e. The Morgan fingerprint density at radius 1 is 1.53 bits per heavy atom. The Hall–Kier alpha value is -1.88. The second kappa shape index (κ2) is 5.84. The molecule has 1 aromatic heterocycles. The third-order valence-corrected chi connectivity index (χ3v) is 3.11. The predicted octanol–water partition coefficient (Wildman–Crippen LogP) is 1.76. The molecule has 0 radical (unpaired) electrons. The number of amides is 1. The van der Waals surface area contributed by atoms with E-state index in [1.807, 2.05) is 32.0 Å². The standard InChI is InChI=1S/C14H19N3O2/c1-9-5-6-12-11(8-9)13(17-16-12)14(19)15-10(2)4-3-7-18/h5-6,8,10,18H,3-4,7H2,1-2H3,(H,15,19)(H,16,17). The normalized spacial score (nSPS) is 12.6. The zero-order valence-electron chi connectivity index (χ0n) is 11.2. The number of aliphatic hydroxyl groups excluding tert-OH is 1. The van der Waals surface area contributed by atoms with E-state index < -0.39 is 0 Å². The Labute approximate surface area is 112 Å². The number of aliphatic hydroxyl groups is 1. The van der Waals surface area contributed by atoms with Crippen LogP contribution in [0.4, 0.5) is 0 Å². The second-order valence-corrected chi connectivity index (χ2v) is 4.86. The lowest BCUT2D eigenvalue weighted by Gasteiger charge is -2.12. The highest BCUT2D eigenvalue weighted by Gasteiger charge is 2.15. The minimum Gasteiger partial charge on any atom is -0.396 e. The number of benzene rings is 1. The molecule has 5 nitrogen and oxygen atoms in total. The van der Waals surface area contributed by atoms with E-state index in [9.17, 15) is 4.79 Å². The lowest BCUT2D eigenvalue weighted by atomic mass is 10.1. The van der Waals surface area contributed by atoms with Crippen LogP contribution in [0.1, 0.15) is 35.8 Å². The molecule has 1 unspecified atom stereocenters. The van der Waals surface area contributed by atoms with Crippen LogP contribution in [0.25, 0.3) is 10.9 Å². The van der Waals surface area contributed by atoms with E-state index in [-0.39, 0.29) is 18.6 Å². The van der Waals surface area contributed by atoms with Crippen molar-refractivity contribution in [1.29, 1.82) is 0 Å². The highest BCUT2D eigenvalue weighted by Crippen LogP contribution is 2.17. The molecule has 19 heavy (non-hydrogen) atoms. The van der Waals surface area contributed by atoms with Gasteiger partial charge in [-0.3, -0.25) is 9.89 Å². The van der Waals surface area contributed by atoms with Crippen molar-refractivity contribution in [1.82, 2.24) is 15.5 Å². The number of hydrogen-bond acceptors (Lipinski definition) is 3. The molecule has 2 rings (SSSR count).